The topological polar surface area (TPSA) is 30.0 Å². The molecule has 1 atom stereocenters. The third-order valence-electron chi connectivity index (χ3n) is 3.09. The molecular weight excluding hydrogens is 280 g/mol. The highest BCUT2D eigenvalue weighted by Crippen LogP contribution is 2.42. The van der Waals surface area contributed by atoms with Gasteiger partial charge in [0.25, 0.3) is 0 Å². The van der Waals surface area contributed by atoms with Gasteiger partial charge in [-0.1, -0.05) is 0 Å². The van der Waals surface area contributed by atoms with Crippen LogP contribution in [-0.4, -0.2) is 67.2 Å². The average molecular weight is 293 g/mol. The van der Waals surface area contributed by atoms with Gasteiger partial charge in [-0.05, 0) is 18.6 Å². The smallest absolute Gasteiger partial charge is 0.296 e. The fraction of sp³-hybridized carbons (Fsp3) is 0.667. The van der Waals surface area contributed by atoms with Gasteiger partial charge in [-0.25, -0.2) is 4.79 Å². The van der Waals surface area contributed by atoms with Gasteiger partial charge >= 0.3 is 6.03 Å². The minimum absolute atomic E-state index is 0.0723. The molecule has 94 valence electrons. The molecule has 0 radical (unpaired) electrons. The molecule has 0 aromatic rings. The van der Waals surface area contributed by atoms with E-state index in [0.717, 1.165) is 29.7 Å². The summed E-state index contributed by atoms with van der Waals surface area (Å²) in [6.07, 6.45) is 0.967. The summed E-state index contributed by atoms with van der Waals surface area (Å²) in [5.41, 5.74) is 0. The van der Waals surface area contributed by atoms with Crippen molar-refractivity contribution in [1.82, 2.24) is 18.4 Å². The average Bonchev–Trinajstić information content (AvgIpc) is 2.75. The van der Waals surface area contributed by atoms with Crippen LogP contribution in [-0.2, 0) is 0 Å². The first-order valence-corrected chi connectivity index (χ1v) is 7.56. The molecule has 2 amide bonds. The van der Waals surface area contributed by atoms with Crippen LogP contribution >= 0.6 is 34.7 Å². The third kappa shape index (κ3) is 1.42. The molecule has 0 aliphatic carbocycles. The SMILES string of the molecule is CN1C(=S)N2CCCN3C(=O)N(CCCl)S1=C32. The largest absolute Gasteiger partial charge is 0.337 e. The van der Waals surface area contributed by atoms with Crippen molar-refractivity contribution in [2.24, 2.45) is 0 Å². The van der Waals surface area contributed by atoms with E-state index in [1.165, 1.54) is 0 Å². The lowest BCUT2D eigenvalue weighted by Gasteiger charge is -2.34. The molecule has 1 saturated heterocycles. The van der Waals surface area contributed by atoms with Crippen molar-refractivity contribution in [2.75, 3.05) is 32.6 Å². The Kier molecular flexibility index (Phi) is 2.72. The normalized spacial score (nSPS) is 27.4. The molecule has 0 bridgehead atoms. The van der Waals surface area contributed by atoms with E-state index in [1.807, 2.05) is 20.6 Å². The first-order valence-electron chi connectivity index (χ1n) is 5.48. The van der Waals surface area contributed by atoms with Crippen LogP contribution in [0, 0.1) is 0 Å². The Labute approximate surface area is 113 Å². The zero-order chi connectivity index (χ0) is 12.2. The van der Waals surface area contributed by atoms with E-state index in [9.17, 15) is 4.79 Å². The maximum atomic E-state index is 12.3. The number of hydrogen-bond acceptors (Lipinski definition) is 2. The summed E-state index contributed by atoms with van der Waals surface area (Å²) in [5, 5.41) is 1.87. The first-order chi connectivity index (χ1) is 8.16. The van der Waals surface area contributed by atoms with Gasteiger partial charge in [0, 0.05) is 32.6 Å². The Morgan fingerprint density at radius 1 is 1.41 bits per heavy atom. The fourth-order valence-electron chi connectivity index (χ4n) is 2.36. The summed E-state index contributed by atoms with van der Waals surface area (Å²) in [6, 6.07) is 0.0723. The lowest BCUT2D eigenvalue weighted by molar-refractivity contribution is 0.199. The van der Waals surface area contributed by atoms with Crippen molar-refractivity contribution in [2.45, 2.75) is 6.42 Å². The molecule has 0 spiro atoms. The van der Waals surface area contributed by atoms with Crippen LogP contribution < -0.4 is 0 Å². The standard InChI is InChI=1S/C9H13ClN4OS2/c1-11-8(16)13-5-2-4-12-7(15)14(6-3-10)17(11)9(12)13/h2-6H2,1H3. The number of halogens is 1. The van der Waals surface area contributed by atoms with E-state index in [4.69, 9.17) is 23.8 Å². The predicted molar refractivity (Wildman–Crippen MR) is 73.8 cm³/mol. The lowest BCUT2D eigenvalue weighted by Crippen LogP contribution is -2.52. The van der Waals surface area contributed by atoms with Crippen molar-refractivity contribution < 1.29 is 4.79 Å². The summed E-state index contributed by atoms with van der Waals surface area (Å²) in [7, 11) is 1.59. The molecule has 0 aromatic carbocycles. The zero-order valence-electron chi connectivity index (χ0n) is 9.43. The van der Waals surface area contributed by atoms with E-state index in [1.54, 1.807) is 0 Å². The maximum absolute atomic E-state index is 12.3. The molecule has 0 N–H and O–H groups in total. The Morgan fingerprint density at radius 3 is 2.82 bits per heavy atom. The fourth-order valence-corrected chi connectivity index (χ4v) is 5.31. The van der Waals surface area contributed by atoms with Crippen LogP contribution in [0.5, 0.6) is 0 Å². The molecule has 3 rings (SSSR count). The number of carbonyl (C=O) groups is 1. The van der Waals surface area contributed by atoms with Crippen LogP contribution in [0.15, 0.2) is 0 Å². The predicted octanol–water partition coefficient (Wildman–Crippen LogP) is 1.09. The van der Waals surface area contributed by atoms with Gasteiger partial charge in [0.2, 0.25) is 0 Å². The van der Waals surface area contributed by atoms with Gasteiger partial charge in [-0.3, -0.25) is 18.4 Å². The van der Waals surface area contributed by atoms with Crippen LogP contribution in [0.2, 0.25) is 0 Å². The molecule has 1 unspecified atom stereocenters. The summed E-state index contributed by atoms with van der Waals surface area (Å²) in [4.78, 5) is 16.2. The van der Waals surface area contributed by atoms with E-state index in [-0.39, 0.29) is 16.9 Å². The molecule has 1 fully saturated rings. The molecule has 0 saturated carbocycles. The van der Waals surface area contributed by atoms with E-state index < -0.39 is 0 Å². The van der Waals surface area contributed by atoms with Crippen LogP contribution in [0.3, 0.4) is 0 Å². The van der Waals surface area contributed by atoms with Crippen LogP contribution in [0.25, 0.3) is 0 Å². The highest BCUT2D eigenvalue weighted by molar-refractivity contribution is 8.14. The van der Waals surface area contributed by atoms with Crippen molar-refractivity contribution >= 4 is 50.9 Å². The minimum Gasteiger partial charge on any atom is -0.296 e. The summed E-state index contributed by atoms with van der Waals surface area (Å²) < 4.78 is 3.85. The maximum Gasteiger partial charge on any atom is 0.337 e. The summed E-state index contributed by atoms with van der Waals surface area (Å²) in [5.74, 6) is 0.455. The van der Waals surface area contributed by atoms with Gasteiger partial charge in [-0.15, -0.1) is 11.6 Å². The molecule has 3 aliphatic heterocycles. The van der Waals surface area contributed by atoms with Gasteiger partial charge in [0.15, 0.2) is 10.2 Å². The molecule has 0 aromatic heterocycles. The van der Waals surface area contributed by atoms with Crippen molar-refractivity contribution in [1.29, 1.82) is 0 Å². The molecule has 3 aliphatic rings. The highest BCUT2D eigenvalue weighted by atomic mass is 35.5. The Balaban J connectivity index is 2.05. The second-order valence-electron chi connectivity index (χ2n) is 4.06. The van der Waals surface area contributed by atoms with Crippen LogP contribution in [0.1, 0.15) is 6.42 Å². The van der Waals surface area contributed by atoms with Crippen molar-refractivity contribution in [3.05, 3.63) is 0 Å². The number of amides is 2. The van der Waals surface area contributed by atoms with Crippen molar-refractivity contribution in [3.8, 4) is 0 Å². The molecule has 5 nitrogen and oxygen atoms in total. The molecule has 8 heteroatoms. The van der Waals surface area contributed by atoms with Crippen molar-refractivity contribution in [3.63, 3.8) is 0 Å². The molecule has 3 heterocycles. The number of thiocarbonyl (C=S) groups is 1. The second-order valence-corrected chi connectivity index (χ2v) is 6.68. The Morgan fingerprint density at radius 2 is 2.12 bits per heavy atom. The number of hydrogen-bond donors (Lipinski definition) is 0. The third-order valence-corrected chi connectivity index (χ3v) is 6.08. The van der Waals surface area contributed by atoms with Crippen LogP contribution in [0.4, 0.5) is 4.79 Å². The minimum atomic E-state index is -0.359. The second kappa shape index (κ2) is 4.00. The molecular formula is C9H13ClN4OS2. The number of urea groups is 1. The summed E-state index contributed by atoms with van der Waals surface area (Å²) in [6.45, 7) is 2.29. The van der Waals surface area contributed by atoms with E-state index in [0.29, 0.717) is 12.4 Å². The number of rotatable bonds is 2. The van der Waals surface area contributed by atoms with E-state index in [2.05, 4.69) is 4.90 Å². The highest BCUT2D eigenvalue weighted by Gasteiger charge is 2.48. The monoisotopic (exact) mass is 292 g/mol. The zero-order valence-corrected chi connectivity index (χ0v) is 11.8. The van der Waals surface area contributed by atoms with Gasteiger partial charge in [0.1, 0.15) is 0 Å². The number of alkyl halides is 1. The number of carbonyl (C=O) groups excluding carboxylic acids is 1. The Hall–Kier alpha value is -0.530. The lowest BCUT2D eigenvalue weighted by atomic mass is 10.3. The quantitative estimate of drug-likeness (QED) is 0.563. The first kappa shape index (κ1) is 11.6. The molecule has 17 heavy (non-hydrogen) atoms. The van der Waals surface area contributed by atoms with Gasteiger partial charge in [0.05, 0.1) is 10.9 Å². The van der Waals surface area contributed by atoms with E-state index >= 15 is 0 Å². The summed E-state index contributed by atoms with van der Waals surface area (Å²) >= 11 is 11.2. The number of nitrogens with zero attached hydrogens (tertiary/aromatic N) is 4. The Bertz CT molecular complexity index is 441. The van der Waals surface area contributed by atoms with Gasteiger partial charge in [-0.2, -0.15) is 0 Å². The van der Waals surface area contributed by atoms with Gasteiger partial charge < -0.3 is 0 Å².